The molecule has 2 fully saturated rings. The molecule has 1 amide bonds. The Kier molecular flexibility index (Phi) is 4.61. The Morgan fingerprint density at radius 3 is 2.43 bits per heavy atom. The van der Waals surface area contributed by atoms with E-state index in [1.165, 1.54) is 0 Å². The zero-order chi connectivity index (χ0) is 19.9. The lowest BCUT2D eigenvalue weighted by Gasteiger charge is -2.36. The maximum Gasteiger partial charge on any atom is 0.436 e. The minimum atomic E-state index is -4.97. The fourth-order valence-corrected chi connectivity index (χ4v) is 4.41. The third kappa shape index (κ3) is 3.26. The van der Waals surface area contributed by atoms with E-state index in [1.54, 1.807) is 0 Å². The van der Waals surface area contributed by atoms with Crippen LogP contribution in [0.4, 0.5) is 17.6 Å². The fraction of sp³-hybridized carbons (Fsp3) is 0.400. The summed E-state index contributed by atoms with van der Waals surface area (Å²) in [5, 5.41) is 6.34. The molecule has 2 saturated heterocycles. The van der Waals surface area contributed by atoms with Crippen LogP contribution in [0.5, 0.6) is 0 Å². The van der Waals surface area contributed by atoms with E-state index in [4.69, 9.17) is 0 Å². The third-order valence-corrected chi connectivity index (χ3v) is 5.73. The fourth-order valence-electron chi connectivity index (χ4n) is 4.41. The first kappa shape index (κ1) is 18.9. The van der Waals surface area contributed by atoms with Crippen LogP contribution in [0.25, 0.3) is 0 Å². The molecule has 3 heterocycles. The van der Waals surface area contributed by atoms with E-state index < -0.39 is 35.2 Å². The minimum Gasteiger partial charge on any atom is -0.343 e. The van der Waals surface area contributed by atoms with Gasteiger partial charge in [-0.1, -0.05) is 30.3 Å². The molecule has 1 aromatic carbocycles. The van der Waals surface area contributed by atoms with E-state index in [-0.39, 0.29) is 5.54 Å². The maximum absolute atomic E-state index is 14.4. The number of nitrogens with zero attached hydrogens (tertiary/aromatic N) is 1. The van der Waals surface area contributed by atoms with Gasteiger partial charge in [-0.2, -0.15) is 13.2 Å². The van der Waals surface area contributed by atoms with Crippen molar-refractivity contribution in [3.63, 3.8) is 0 Å². The number of benzene rings is 1. The van der Waals surface area contributed by atoms with Crippen molar-refractivity contribution in [3.05, 3.63) is 65.2 Å². The molecule has 2 aliphatic rings. The van der Waals surface area contributed by atoms with Gasteiger partial charge in [-0.05, 0) is 37.3 Å². The molecule has 0 aliphatic carbocycles. The number of amides is 1. The summed E-state index contributed by atoms with van der Waals surface area (Å²) in [5.41, 5.74) is -1.89. The molecule has 1 atom stereocenters. The van der Waals surface area contributed by atoms with Crippen LogP contribution >= 0.6 is 0 Å². The van der Waals surface area contributed by atoms with Gasteiger partial charge in [-0.15, -0.1) is 0 Å². The first-order chi connectivity index (χ1) is 13.3. The molecule has 0 radical (unpaired) electrons. The predicted octanol–water partition coefficient (Wildman–Crippen LogP) is 4.00. The second kappa shape index (κ2) is 6.84. The Hall–Kier alpha value is -2.48. The van der Waals surface area contributed by atoms with E-state index >= 15 is 0 Å². The summed E-state index contributed by atoms with van der Waals surface area (Å²) in [6.45, 7) is 0. The highest BCUT2D eigenvalue weighted by Crippen LogP contribution is 2.45. The number of carbonyl (C=O) groups is 1. The summed E-state index contributed by atoms with van der Waals surface area (Å²) in [6, 6.07) is 10.1. The summed E-state index contributed by atoms with van der Waals surface area (Å²) in [6.07, 6.45) is -0.546. The summed E-state index contributed by atoms with van der Waals surface area (Å²) in [4.78, 5) is 15.8. The van der Waals surface area contributed by atoms with Crippen LogP contribution in [0.1, 0.15) is 53.3 Å². The highest BCUT2D eigenvalue weighted by atomic mass is 19.4. The van der Waals surface area contributed by atoms with Crippen LogP contribution in [0.2, 0.25) is 0 Å². The molecule has 2 aromatic rings. The Morgan fingerprint density at radius 2 is 1.86 bits per heavy atom. The van der Waals surface area contributed by atoms with Gasteiger partial charge < -0.3 is 10.6 Å². The standard InChI is InChI=1S/C20H19F4N3O/c21-15-14(8-11-25-17(15)20(22,23)24)18(28)26-16(12-4-2-1-3-5-12)19-9-6-13(27-19)7-10-19/h1-5,8,11,13,16,27H,6-7,9-10H2,(H,26,28). The Bertz CT molecular complexity index is 877. The summed E-state index contributed by atoms with van der Waals surface area (Å²) in [5.74, 6) is -2.54. The summed E-state index contributed by atoms with van der Waals surface area (Å²) >= 11 is 0. The number of pyridine rings is 1. The lowest BCUT2D eigenvalue weighted by Crippen LogP contribution is -2.50. The number of hydrogen-bond acceptors (Lipinski definition) is 3. The second-order valence-electron chi connectivity index (χ2n) is 7.41. The average Bonchev–Trinajstić information content (AvgIpc) is 3.28. The molecular formula is C20H19F4N3O. The second-order valence-corrected chi connectivity index (χ2v) is 7.41. The first-order valence-corrected chi connectivity index (χ1v) is 9.15. The van der Waals surface area contributed by atoms with Crippen molar-refractivity contribution < 1.29 is 22.4 Å². The molecule has 4 rings (SSSR count). The van der Waals surface area contributed by atoms with Gasteiger partial charge in [0.05, 0.1) is 11.6 Å². The molecular weight excluding hydrogens is 374 g/mol. The monoisotopic (exact) mass is 393 g/mol. The van der Waals surface area contributed by atoms with Crippen molar-refractivity contribution in [2.24, 2.45) is 0 Å². The number of aromatic nitrogens is 1. The zero-order valence-electron chi connectivity index (χ0n) is 14.9. The van der Waals surface area contributed by atoms with E-state index in [2.05, 4.69) is 15.6 Å². The molecule has 8 heteroatoms. The van der Waals surface area contributed by atoms with Crippen molar-refractivity contribution >= 4 is 5.91 Å². The van der Waals surface area contributed by atoms with Crippen LogP contribution in [0, 0.1) is 5.82 Å². The Morgan fingerprint density at radius 1 is 1.18 bits per heavy atom. The van der Waals surface area contributed by atoms with Gasteiger partial charge in [-0.3, -0.25) is 4.79 Å². The predicted molar refractivity (Wildman–Crippen MR) is 94.0 cm³/mol. The van der Waals surface area contributed by atoms with Gasteiger partial charge in [0.25, 0.3) is 5.91 Å². The van der Waals surface area contributed by atoms with E-state index in [0.717, 1.165) is 43.5 Å². The summed E-state index contributed by atoms with van der Waals surface area (Å²) < 4.78 is 53.2. The molecule has 2 bridgehead atoms. The third-order valence-electron chi connectivity index (χ3n) is 5.73. The van der Waals surface area contributed by atoms with Crippen molar-refractivity contribution in [2.45, 2.75) is 49.5 Å². The van der Waals surface area contributed by atoms with Gasteiger partial charge in [0.2, 0.25) is 0 Å². The van der Waals surface area contributed by atoms with Crippen molar-refractivity contribution in [2.75, 3.05) is 0 Å². The quantitative estimate of drug-likeness (QED) is 0.773. The lowest BCUT2D eigenvalue weighted by molar-refractivity contribution is -0.143. The largest absolute Gasteiger partial charge is 0.436 e. The van der Waals surface area contributed by atoms with Gasteiger partial charge >= 0.3 is 6.18 Å². The highest BCUT2D eigenvalue weighted by molar-refractivity contribution is 5.95. The topological polar surface area (TPSA) is 54.0 Å². The van der Waals surface area contributed by atoms with Crippen LogP contribution < -0.4 is 10.6 Å². The van der Waals surface area contributed by atoms with Gasteiger partial charge in [0.15, 0.2) is 11.5 Å². The average molecular weight is 393 g/mol. The first-order valence-electron chi connectivity index (χ1n) is 9.15. The van der Waals surface area contributed by atoms with Gasteiger partial charge in [-0.25, -0.2) is 9.37 Å². The molecule has 4 nitrogen and oxygen atoms in total. The Balaban J connectivity index is 1.68. The van der Waals surface area contributed by atoms with Crippen molar-refractivity contribution in [3.8, 4) is 0 Å². The van der Waals surface area contributed by atoms with Crippen molar-refractivity contribution in [1.82, 2.24) is 15.6 Å². The summed E-state index contributed by atoms with van der Waals surface area (Å²) in [7, 11) is 0. The molecule has 1 unspecified atom stereocenters. The highest BCUT2D eigenvalue weighted by Gasteiger charge is 2.50. The SMILES string of the molecule is O=C(NC(c1ccccc1)C12CCC(CC1)N2)c1ccnc(C(F)(F)F)c1F. The number of fused-ring (bicyclic) bond motifs is 2. The van der Waals surface area contributed by atoms with Gasteiger partial charge in [0.1, 0.15) is 0 Å². The normalized spacial score (nSPS) is 24.9. The van der Waals surface area contributed by atoms with Gasteiger partial charge in [0, 0.05) is 17.8 Å². The van der Waals surface area contributed by atoms with E-state index in [1.807, 2.05) is 30.3 Å². The van der Waals surface area contributed by atoms with Crippen LogP contribution in [0.15, 0.2) is 42.6 Å². The number of nitrogens with one attached hydrogen (secondary N) is 2. The number of rotatable bonds is 4. The number of carbonyl (C=O) groups excluding carboxylic acids is 1. The molecule has 1 aromatic heterocycles. The van der Waals surface area contributed by atoms with Crippen LogP contribution in [-0.2, 0) is 6.18 Å². The molecule has 0 spiro atoms. The number of hydrogen-bond donors (Lipinski definition) is 2. The van der Waals surface area contributed by atoms with E-state index in [9.17, 15) is 22.4 Å². The zero-order valence-corrected chi connectivity index (χ0v) is 14.9. The number of alkyl halides is 3. The maximum atomic E-state index is 14.4. The molecule has 0 saturated carbocycles. The minimum absolute atomic E-state index is 0.373. The molecule has 148 valence electrons. The smallest absolute Gasteiger partial charge is 0.343 e. The lowest BCUT2D eigenvalue weighted by atomic mass is 9.78. The van der Waals surface area contributed by atoms with Crippen LogP contribution in [-0.4, -0.2) is 22.5 Å². The number of halogens is 4. The van der Waals surface area contributed by atoms with Crippen LogP contribution in [0.3, 0.4) is 0 Å². The van der Waals surface area contributed by atoms with Crippen molar-refractivity contribution in [1.29, 1.82) is 0 Å². The molecule has 2 aliphatic heterocycles. The molecule has 28 heavy (non-hydrogen) atoms. The molecule has 2 N–H and O–H groups in total. The Labute approximate surface area is 159 Å². The van der Waals surface area contributed by atoms with E-state index in [0.29, 0.717) is 6.04 Å².